The third-order valence-electron chi connectivity index (χ3n) is 6.16. The van der Waals surface area contributed by atoms with E-state index in [1.165, 1.54) is 13.4 Å². The zero-order valence-electron chi connectivity index (χ0n) is 20.9. The van der Waals surface area contributed by atoms with E-state index < -0.39 is 0 Å². The minimum Gasteiger partial charge on any atom is -0.481 e. The van der Waals surface area contributed by atoms with E-state index in [4.69, 9.17) is 9.47 Å². The van der Waals surface area contributed by atoms with E-state index in [-0.39, 0.29) is 17.1 Å². The van der Waals surface area contributed by atoms with E-state index in [1.54, 1.807) is 24.4 Å². The number of hydrogen-bond acceptors (Lipinski definition) is 10. The third kappa shape index (κ3) is 5.54. The SMILES string of the molecule is COc1cc(-c2ccc(-c3cnc(N(C)C4CC(C)(C)NC(C)(C)C4)nn3)c(OC=O)c2)ncn1. The Labute approximate surface area is 205 Å². The molecule has 2 aromatic heterocycles. The Bertz CT molecular complexity index is 1180. The van der Waals surface area contributed by atoms with E-state index in [9.17, 15) is 4.79 Å². The molecule has 1 fully saturated rings. The molecule has 1 aliphatic heterocycles. The normalized spacial score (nSPS) is 17.0. The Morgan fingerprint density at radius 2 is 1.77 bits per heavy atom. The Hall–Kier alpha value is -3.66. The zero-order valence-corrected chi connectivity index (χ0v) is 20.9. The number of aromatic nitrogens is 5. The van der Waals surface area contributed by atoms with Crippen LogP contribution in [0.5, 0.6) is 11.6 Å². The maximum Gasteiger partial charge on any atom is 0.298 e. The van der Waals surface area contributed by atoms with Crippen molar-refractivity contribution in [2.75, 3.05) is 19.1 Å². The van der Waals surface area contributed by atoms with Crippen LogP contribution in [0.15, 0.2) is 36.8 Å². The lowest BCUT2D eigenvalue weighted by Crippen LogP contribution is -2.62. The van der Waals surface area contributed by atoms with Crippen molar-refractivity contribution in [3.8, 4) is 34.1 Å². The largest absolute Gasteiger partial charge is 0.481 e. The average molecular weight is 478 g/mol. The summed E-state index contributed by atoms with van der Waals surface area (Å²) in [6, 6.07) is 7.35. The summed E-state index contributed by atoms with van der Waals surface area (Å²) in [4.78, 5) is 26.2. The summed E-state index contributed by atoms with van der Waals surface area (Å²) in [5.41, 5.74) is 2.47. The van der Waals surface area contributed by atoms with Gasteiger partial charge in [0.25, 0.3) is 6.47 Å². The summed E-state index contributed by atoms with van der Waals surface area (Å²) < 4.78 is 10.4. The molecule has 0 unspecified atom stereocenters. The highest BCUT2D eigenvalue weighted by molar-refractivity contribution is 5.74. The summed E-state index contributed by atoms with van der Waals surface area (Å²) in [5.74, 6) is 1.32. The van der Waals surface area contributed by atoms with Gasteiger partial charge in [-0.05, 0) is 52.7 Å². The second-order valence-electron chi connectivity index (χ2n) is 10.1. The second-order valence-corrected chi connectivity index (χ2v) is 10.1. The van der Waals surface area contributed by atoms with Gasteiger partial charge in [-0.15, -0.1) is 10.2 Å². The molecule has 1 N–H and O–H groups in total. The molecule has 0 spiro atoms. The van der Waals surface area contributed by atoms with Crippen LogP contribution in [0.1, 0.15) is 40.5 Å². The Morgan fingerprint density at radius 3 is 2.40 bits per heavy atom. The fourth-order valence-electron chi connectivity index (χ4n) is 4.91. The van der Waals surface area contributed by atoms with E-state index in [1.807, 2.05) is 13.1 Å². The summed E-state index contributed by atoms with van der Waals surface area (Å²) in [7, 11) is 3.54. The van der Waals surface area contributed by atoms with Crippen LogP contribution in [0.2, 0.25) is 0 Å². The van der Waals surface area contributed by atoms with E-state index in [0.717, 1.165) is 18.4 Å². The number of benzene rings is 1. The topological polar surface area (TPSA) is 115 Å². The maximum absolute atomic E-state index is 11.2. The highest BCUT2D eigenvalue weighted by atomic mass is 16.5. The van der Waals surface area contributed by atoms with Gasteiger partial charge in [-0.25, -0.2) is 15.0 Å². The lowest BCUT2D eigenvalue weighted by atomic mass is 9.79. The van der Waals surface area contributed by atoms with Gasteiger partial charge in [-0.3, -0.25) is 4.79 Å². The first-order valence-corrected chi connectivity index (χ1v) is 11.4. The highest BCUT2D eigenvalue weighted by Crippen LogP contribution is 2.34. The molecule has 1 aromatic carbocycles. The molecule has 3 heterocycles. The first-order chi connectivity index (χ1) is 16.6. The molecule has 1 aliphatic rings. The van der Waals surface area contributed by atoms with Crippen molar-refractivity contribution in [2.45, 2.75) is 57.7 Å². The van der Waals surface area contributed by atoms with Crippen LogP contribution in [-0.4, -0.2) is 62.9 Å². The summed E-state index contributed by atoms with van der Waals surface area (Å²) >= 11 is 0. The predicted molar refractivity (Wildman–Crippen MR) is 132 cm³/mol. The van der Waals surface area contributed by atoms with Crippen LogP contribution in [0, 0.1) is 0 Å². The minimum absolute atomic E-state index is 0.00452. The van der Waals surface area contributed by atoms with E-state index in [0.29, 0.717) is 41.0 Å². The average Bonchev–Trinajstić information content (AvgIpc) is 2.82. The van der Waals surface area contributed by atoms with Crippen LogP contribution in [0.3, 0.4) is 0 Å². The molecule has 184 valence electrons. The molecular weight excluding hydrogens is 446 g/mol. The Kier molecular flexibility index (Phi) is 6.66. The first-order valence-electron chi connectivity index (χ1n) is 11.4. The predicted octanol–water partition coefficient (Wildman–Crippen LogP) is 3.28. The van der Waals surface area contributed by atoms with Gasteiger partial charge in [0, 0.05) is 41.4 Å². The molecule has 10 nitrogen and oxygen atoms in total. The number of carbonyl (C=O) groups excluding carboxylic acids is 1. The highest BCUT2D eigenvalue weighted by Gasteiger charge is 2.39. The number of hydrogen-bond donors (Lipinski definition) is 1. The molecule has 1 saturated heterocycles. The van der Waals surface area contributed by atoms with Gasteiger partial charge in [-0.2, -0.15) is 0 Å². The maximum atomic E-state index is 11.2. The molecule has 0 radical (unpaired) electrons. The molecule has 3 aromatic rings. The number of methoxy groups -OCH3 is 1. The van der Waals surface area contributed by atoms with E-state index >= 15 is 0 Å². The van der Waals surface area contributed by atoms with Gasteiger partial charge < -0.3 is 19.7 Å². The van der Waals surface area contributed by atoms with Gasteiger partial charge >= 0.3 is 0 Å². The molecular formula is C25H31N7O3. The number of nitrogens with zero attached hydrogens (tertiary/aromatic N) is 6. The minimum atomic E-state index is 0.00452. The van der Waals surface area contributed by atoms with Crippen molar-refractivity contribution in [3.05, 3.63) is 36.8 Å². The number of piperidine rings is 1. The van der Waals surface area contributed by atoms with Gasteiger partial charge in [0.2, 0.25) is 11.8 Å². The van der Waals surface area contributed by atoms with Gasteiger partial charge in [-0.1, -0.05) is 6.07 Å². The van der Waals surface area contributed by atoms with Crippen LogP contribution < -0.4 is 19.7 Å². The molecule has 10 heteroatoms. The van der Waals surface area contributed by atoms with Crippen molar-refractivity contribution in [3.63, 3.8) is 0 Å². The van der Waals surface area contributed by atoms with Crippen molar-refractivity contribution in [1.29, 1.82) is 0 Å². The number of anilines is 1. The number of carbonyl (C=O) groups is 1. The standard InChI is InChI=1S/C25H31N7O3/c1-24(2)11-17(12-25(3,4)31-24)32(5)23-26-13-20(29-30-23)18-8-7-16(9-21(18)35-15-33)19-10-22(34-6)28-14-27-19/h7-10,13-15,17,31H,11-12H2,1-6H3. The molecule has 0 saturated carbocycles. The summed E-state index contributed by atoms with van der Waals surface area (Å²) in [5, 5.41) is 12.5. The number of ether oxygens (including phenoxy) is 2. The van der Waals surface area contributed by atoms with Gasteiger partial charge in [0.1, 0.15) is 17.8 Å². The van der Waals surface area contributed by atoms with Crippen molar-refractivity contribution in [1.82, 2.24) is 30.5 Å². The molecule has 0 aliphatic carbocycles. The Morgan fingerprint density at radius 1 is 1.03 bits per heavy atom. The summed E-state index contributed by atoms with van der Waals surface area (Å²) in [6.07, 6.45) is 4.99. The zero-order chi connectivity index (χ0) is 25.2. The molecule has 35 heavy (non-hydrogen) atoms. The van der Waals surface area contributed by atoms with Gasteiger partial charge in [0.05, 0.1) is 19.0 Å². The fraction of sp³-hybridized carbons (Fsp3) is 0.440. The smallest absolute Gasteiger partial charge is 0.298 e. The van der Waals surface area contributed by atoms with Crippen LogP contribution in [0.4, 0.5) is 5.95 Å². The molecule has 0 bridgehead atoms. The lowest BCUT2D eigenvalue weighted by molar-refractivity contribution is -0.120. The van der Waals surface area contributed by atoms with Crippen LogP contribution >= 0.6 is 0 Å². The fourth-order valence-corrected chi connectivity index (χ4v) is 4.91. The monoisotopic (exact) mass is 477 g/mol. The van der Waals surface area contributed by atoms with Gasteiger partial charge in [0.15, 0.2) is 0 Å². The summed E-state index contributed by atoms with van der Waals surface area (Å²) in [6.45, 7) is 9.24. The molecule has 0 atom stereocenters. The second kappa shape index (κ2) is 9.53. The Balaban J connectivity index is 1.60. The lowest BCUT2D eigenvalue weighted by Gasteiger charge is -2.48. The first kappa shape index (κ1) is 24.5. The van der Waals surface area contributed by atoms with E-state index in [2.05, 4.69) is 63.1 Å². The third-order valence-corrected chi connectivity index (χ3v) is 6.16. The van der Waals surface area contributed by atoms with Crippen molar-refractivity contribution >= 4 is 12.4 Å². The molecule has 0 amide bonds. The van der Waals surface area contributed by atoms with Crippen molar-refractivity contribution in [2.24, 2.45) is 0 Å². The van der Waals surface area contributed by atoms with Crippen LogP contribution in [0.25, 0.3) is 22.5 Å². The van der Waals surface area contributed by atoms with Crippen LogP contribution in [-0.2, 0) is 4.79 Å². The van der Waals surface area contributed by atoms with Crippen molar-refractivity contribution < 1.29 is 14.3 Å². The quantitative estimate of drug-likeness (QED) is 0.508. The number of rotatable bonds is 7. The molecule has 4 rings (SSSR count). The number of nitrogens with one attached hydrogen (secondary N) is 1.